The second-order valence-corrected chi connectivity index (χ2v) is 8.21. The summed E-state index contributed by atoms with van der Waals surface area (Å²) in [5, 5.41) is 9.51. The Bertz CT molecular complexity index is 444. The molecule has 1 aliphatic rings. The van der Waals surface area contributed by atoms with E-state index in [9.17, 15) is 4.79 Å². The van der Waals surface area contributed by atoms with Gasteiger partial charge >= 0.3 is 0 Å². The molecule has 1 unspecified atom stereocenters. The number of nitrogens with one attached hydrogen (secondary N) is 3. The molecule has 0 aromatic carbocycles. The predicted octanol–water partition coefficient (Wildman–Crippen LogP) is 1.35. The Morgan fingerprint density at radius 2 is 1.67 bits per heavy atom. The fourth-order valence-corrected chi connectivity index (χ4v) is 3.01. The number of likely N-dealkylation sites (N-methyl/N-ethyl adjacent to an activating group) is 1. The van der Waals surface area contributed by atoms with E-state index in [0.717, 1.165) is 39.3 Å². The maximum Gasteiger partial charge on any atom is 0.242 e. The maximum absolute atomic E-state index is 11.9. The summed E-state index contributed by atoms with van der Waals surface area (Å²) in [6.07, 6.45) is 0. The standard InChI is InChI=1S/C19H40N6O.HI/c1-7-20-18(22-14-17(26)23-19(4,5)6)21-13-16(3)15-25-11-9-24(8-2)10-12-25;/h16H,7-15H2,1-6H3,(H,23,26)(H2,20,21,22);1H. The first kappa shape index (κ1) is 26.4. The van der Waals surface area contributed by atoms with Gasteiger partial charge in [-0.05, 0) is 40.2 Å². The third kappa shape index (κ3) is 12.5. The molecule has 1 amide bonds. The van der Waals surface area contributed by atoms with E-state index in [4.69, 9.17) is 0 Å². The predicted molar refractivity (Wildman–Crippen MR) is 125 cm³/mol. The molecule has 1 saturated heterocycles. The van der Waals surface area contributed by atoms with Crippen LogP contribution < -0.4 is 16.0 Å². The number of amides is 1. The summed E-state index contributed by atoms with van der Waals surface area (Å²) >= 11 is 0. The van der Waals surface area contributed by atoms with Crippen LogP contribution in [0.2, 0.25) is 0 Å². The summed E-state index contributed by atoms with van der Waals surface area (Å²) in [5.41, 5.74) is -0.227. The highest BCUT2D eigenvalue weighted by Gasteiger charge is 2.17. The number of aliphatic imine (C=N–C) groups is 1. The highest BCUT2D eigenvalue weighted by molar-refractivity contribution is 14.0. The summed E-state index contributed by atoms with van der Waals surface area (Å²) in [7, 11) is 0. The van der Waals surface area contributed by atoms with Gasteiger partial charge in [0, 0.05) is 51.4 Å². The summed E-state index contributed by atoms with van der Waals surface area (Å²) in [6, 6.07) is 0. The molecule has 27 heavy (non-hydrogen) atoms. The third-order valence-corrected chi connectivity index (χ3v) is 4.34. The Labute approximate surface area is 183 Å². The number of guanidine groups is 1. The molecule has 0 aliphatic carbocycles. The van der Waals surface area contributed by atoms with Crippen molar-refractivity contribution in [2.24, 2.45) is 10.9 Å². The van der Waals surface area contributed by atoms with Crippen LogP contribution >= 0.6 is 24.0 Å². The summed E-state index contributed by atoms with van der Waals surface area (Å²) in [6.45, 7) is 21.1. The zero-order chi connectivity index (χ0) is 19.6. The van der Waals surface area contributed by atoms with Gasteiger partial charge < -0.3 is 25.8 Å². The first-order valence-corrected chi connectivity index (χ1v) is 10.0. The Kier molecular flexibility index (Phi) is 13.2. The van der Waals surface area contributed by atoms with Crippen LogP contribution in [0.1, 0.15) is 41.5 Å². The van der Waals surface area contributed by atoms with Crippen molar-refractivity contribution in [3.05, 3.63) is 0 Å². The molecular weight excluding hydrogens is 455 g/mol. The summed E-state index contributed by atoms with van der Waals surface area (Å²) < 4.78 is 0. The lowest BCUT2D eigenvalue weighted by atomic mass is 10.1. The van der Waals surface area contributed by atoms with Gasteiger partial charge in [0.15, 0.2) is 5.96 Å². The molecule has 8 heteroatoms. The van der Waals surface area contributed by atoms with Crippen LogP contribution in [0.4, 0.5) is 0 Å². The van der Waals surface area contributed by atoms with Crippen molar-refractivity contribution in [2.45, 2.75) is 47.1 Å². The Balaban J connectivity index is 0.00000676. The van der Waals surface area contributed by atoms with Gasteiger partial charge in [-0.15, -0.1) is 24.0 Å². The second-order valence-electron chi connectivity index (χ2n) is 8.21. The third-order valence-electron chi connectivity index (χ3n) is 4.34. The van der Waals surface area contributed by atoms with Gasteiger partial charge in [-0.25, -0.2) is 4.99 Å². The van der Waals surface area contributed by atoms with Crippen molar-refractivity contribution in [2.75, 3.05) is 58.9 Å². The van der Waals surface area contributed by atoms with Crippen LogP contribution in [-0.4, -0.2) is 86.1 Å². The van der Waals surface area contributed by atoms with E-state index in [-0.39, 0.29) is 42.0 Å². The molecule has 1 fully saturated rings. The van der Waals surface area contributed by atoms with Crippen molar-refractivity contribution in [3.63, 3.8) is 0 Å². The number of carbonyl (C=O) groups is 1. The fraction of sp³-hybridized carbons (Fsp3) is 0.895. The van der Waals surface area contributed by atoms with Crippen molar-refractivity contribution in [3.8, 4) is 0 Å². The zero-order valence-electron chi connectivity index (χ0n) is 18.1. The van der Waals surface area contributed by atoms with E-state index < -0.39 is 0 Å². The van der Waals surface area contributed by atoms with Crippen LogP contribution in [0.5, 0.6) is 0 Å². The SMILES string of the molecule is CCNC(=NCC(=O)NC(C)(C)C)NCC(C)CN1CCN(CC)CC1.I. The van der Waals surface area contributed by atoms with E-state index in [2.05, 4.69) is 44.6 Å². The molecule has 3 N–H and O–H groups in total. The minimum Gasteiger partial charge on any atom is -0.357 e. The fourth-order valence-electron chi connectivity index (χ4n) is 3.01. The number of hydrogen-bond acceptors (Lipinski definition) is 4. The van der Waals surface area contributed by atoms with Crippen molar-refractivity contribution in [1.29, 1.82) is 0 Å². The van der Waals surface area contributed by atoms with Crippen LogP contribution in [0.15, 0.2) is 4.99 Å². The molecule has 1 atom stereocenters. The number of nitrogens with zero attached hydrogens (tertiary/aromatic N) is 3. The van der Waals surface area contributed by atoms with Crippen molar-refractivity contribution in [1.82, 2.24) is 25.8 Å². The van der Waals surface area contributed by atoms with E-state index in [1.54, 1.807) is 0 Å². The summed E-state index contributed by atoms with van der Waals surface area (Å²) in [5.74, 6) is 1.17. The van der Waals surface area contributed by atoms with Gasteiger partial charge in [0.2, 0.25) is 5.91 Å². The molecule has 0 aromatic heterocycles. The molecule has 1 aliphatic heterocycles. The van der Waals surface area contributed by atoms with E-state index in [1.165, 1.54) is 13.1 Å². The molecule has 1 heterocycles. The first-order valence-electron chi connectivity index (χ1n) is 10.0. The highest BCUT2D eigenvalue weighted by atomic mass is 127. The molecule has 0 saturated carbocycles. The highest BCUT2D eigenvalue weighted by Crippen LogP contribution is 2.05. The normalized spacial score (nSPS) is 17.8. The molecule has 160 valence electrons. The monoisotopic (exact) mass is 496 g/mol. The van der Waals surface area contributed by atoms with Gasteiger partial charge in [-0.1, -0.05) is 13.8 Å². The first-order chi connectivity index (χ1) is 12.2. The Morgan fingerprint density at radius 3 is 2.19 bits per heavy atom. The van der Waals surface area contributed by atoms with Crippen LogP contribution in [0, 0.1) is 5.92 Å². The molecule has 0 radical (unpaired) electrons. The summed E-state index contributed by atoms with van der Waals surface area (Å²) in [4.78, 5) is 21.4. The number of hydrogen-bond donors (Lipinski definition) is 3. The molecular formula is C19H41IN6O. The molecule has 0 spiro atoms. The Morgan fingerprint density at radius 1 is 1.07 bits per heavy atom. The van der Waals surface area contributed by atoms with Gasteiger partial charge in [-0.3, -0.25) is 4.79 Å². The molecule has 0 aromatic rings. The van der Waals surface area contributed by atoms with Crippen molar-refractivity contribution >= 4 is 35.8 Å². The van der Waals surface area contributed by atoms with E-state index in [1.807, 2.05) is 27.7 Å². The average molecular weight is 496 g/mol. The van der Waals surface area contributed by atoms with E-state index >= 15 is 0 Å². The number of carbonyl (C=O) groups excluding carboxylic acids is 1. The van der Waals surface area contributed by atoms with Gasteiger partial charge in [0.25, 0.3) is 0 Å². The quantitative estimate of drug-likeness (QED) is 0.269. The number of piperazine rings is 1. The average Bonchev–Trinajstić information content (AvgIpc) is 2.56. The number of halogens is 1. The number of rotatable bonds is 8. The molecule has 7 nitrogen and oxygen atoms in total. The topological polar surface area (TPSA) is 72.0 Å². The van der Waals surface area contributed by atoms with Crippen LogP contribution in [-0.2, 0) is 4.79 Å². The van der Waals surface area contributed by atoms with Crippen LogP contribution in [0.3, 0.4) is 0 Å². The lowest BCUT2D eigenvalue weighted by Gasteiger charge is -2.35. The maximum atomic E-state index is 11.9. The van der Waals surface area contributed by atoms with Crippen molar-refractivity contribution < 1.29 is 4.79 Å². The molecule has 0 bridgehead atoms. The minimum absolute atomic E-state index is 0. The largest absolute Gasteiger partial charge is 0.357 e. The second kappa shape index (κ2) is 13.5. The van der Waals surface area contributed by atoms with Gasteiger partial charge in [0.05, 0.1) is 0 Å². The van der Waals surface area contributed by atoms with Gasteiger partial charge in [-0.2, -0.15) is 0 Å². The Hall–Kier alpha value is -0.610. The lowest BCUT2D eigenvalue weighted by molar-refractivity contribution is -0.121. The minimum atomic E-state index is -0.227. The van der Waals surface area contributed by atoms with E-state index in [0.29, 0.717) is 11.9 Å². The molecule has 1 rings (SSSR count). The van der Waals surface area contributed by atoms with Crippen LogP contribution in [0.25, 0.3) is 0 Å². The zero-order valence-corrected chi connectivity index (χ0v) is 20.4. The smallest absolute Gasteiger partial charge is 0.242 e. The lowest BCUT2D eigenvalue weighted by Crippen LogP contribution is -2.48. The van der Waals surface area contributed by atoms with Gasteiger partial charge in [0.1, 0.15) is 6.54 Å².